The van der Waals surface area contributed by atoms with Gasteiger partial charge in [-0.1, -0.05) is 12.1 Å². The van der Waals surface area contributed by atoms with Crippen LogP contribution in [0.5, 0.6) is 11.5 Å². The third kappa shape index (κ3) is 2.33. The SMILES string of the molecule is CCOC(=O)C(F)(F)c1ccc2c(c1O)C(=O)c1c(O)cccc1C2=O. The number of esters is 1. The van der Waals surface area contributed by atoms with Gasteiger partial charge in [0.15, 0.2) is 5.78 Å². The zero-order valence-electron chi connectivity index (χ0n) is 13.4. The molecule has 1 aliphatic carbocycles. The van der Waals surface area contributed by atoms with E-state index in [0.717, 1.165) is 12.1 Å². The average molecular weight is 362 g/mol. The predicted molar refractivity (Wildman–Crippen MR) is 83.6 cm³/mol. The van der Waals surface area contributed by atoms with Gasteiger partial charge in [0.05, 0.1) is 23.3 Å². The lowest BCUT2D eigenvalue weighted by atomic mass is 9.81. The number of fused-ring (bicyclic) bond motifs is 2. The molecule has 0 bridgehead atoms. The van der Waals surface area contributed by atoms with E-state index in [1.165, 1.54) is 19.1 Å². The third-order valence-corrected chi connectivity index (χ3v) is 4.03. The number of aromatic hydroxyl groups is 2. The maximum absolute atomic E-state index is 14.3. The van der Waals surface area contributed by atoms with Gasteiger partial charge in [-0.2, -0.15) is 8.78 Å². The quantitative estimate of drug-likeness (QED) is 0.695. The number of ketones is 2. The van der Waals surface area contributed by atoms with Crippen LogP contribution in [0.3, 0.4) is 0 Å². The van der Waals surface area contributed by atoms with Crippen molar-refractivity contribution in [1.29, 1.82) is 0 Å². The molecule has 0 amide bonds. The highest BCUT2D eigenvalue weighted by atomic mass is 19.3. The fourth-order valence-corrected chi connectivity index (χ4v) is 2.83. The Balaban J connectivity index is 2.23. The molecule has 26 heavy (non-hydrogen) atoms. The second-order valence-electron chi connectivity index (χ2n) is 5.54. The molecule has 0 fully saturated rings. The Morgan fingerprint density at radius 1 is 1.04 bits per heavy atom. The number of carbonyl (C=O) groups excluding carboxylic acids is 3. The van der Waals surface area contributed by atoms with Crippen molar-refractivity contribution in [3.05, 3.63) is 58.1 Å². The lowest BCUT2D eigenvalue weighted by Crippen LogP contribution is -2.30. The monoisotopic (exact) mass is 362 g/mol. The number of hydrogen-bond donors (Lipinski definition) is 2. The molecule has 0 saturated carbocycles. The van der Waals surface area contributed by atoms with Gasteiger partial charge >= 0.3 is 11.9 Å². The summed E-state index contributed by atoms with van der Waals surface area (Å²) in [6.45, 7) is 1.03. The second kappa shape index (κ2) is 5.91. The van der Waals surface area contributed by atoms with Crippen LogP contribution >= 0.6 is 0 Å². The number of phenolic OH excluding ortho intramolecular Hbond substituents is 2. The molecule has 0 aromatic heterocycles. The molecule has 3 rings (SSSR count). The van der Waals surface area contributed by atoms with Gasteiger partial charge in [0, 0.05) is 11.1 Å². The van der Waals surface area contributed by atoms with Gasteiger partial charge in [-0.3, -0.25) is 9.59 Å². The van der Waals surface area contributed by atoms with Crippen LogP contribution in [-0.2, 0) is 15.5 Å². The molecule has 0 aliphatic heterocycles. The smallest absolute Gasteiger partial charge is 0.382 e. The lowest BCUT2D eigenvalue weighted by molar-refractivity contribution is -0.173. The summed E-state index contributed by atoms with van der Waals surface area (Å²) in [7, 11) is 0. The van der Waals surface area contributed by atoms with Crippen LogP contribution in [0.4, 0.5) is 8.78 Å². The van der Waals surface area contributed by atoms with Crippen molar-refractivity contribution in [2.24, 2.45) is 0 Å². The first-order valence-electron chi connectivity index (χ1n) is 7.54. The van der Waals surface area contributed by atoms with Gasteiger partial charge in [-0.15, -0.1) is 0 Å². The zero-order valence-corrected chi connectivity index (χ0v) is 13.4. The van der Waals surface area contributed by atoms with Crippen LogP contribution in [0.1, 0.15) is 44.3 Å². The minimum absolute atomic E-state index is 0.105. The van der Waals surface area contributed by atoms with E-state index in [2.05, 4.69) is 4.74 Å². The van der Waals surface area contributed by atoms with E-state index in [4.69, 9.17) is 0 Å². The molecule has 0 radical (unpaired) electrons. The number of alkyl halides is 2. The third-order valence-electron chi connectivity index (χ3n) is 4.03. The average Bonchev–Trinajstić information content (AvgIpc) is 2.59. The van der Waals surface area contributed by atoms with Crippen molar-refractivity contribution < 1.29 is 38.1 Å². The molecule has 1 aliphatic rings. The maximum atomic E-state index is 14.3. The Labute approximate surface area is 145 Å². The topological polar surface area (TPSA) is 101 Å². The van der Waals surface area contributed by atoms with Crippen molar-refractivity contribution in [1.82, 2.24) is 0 Å². The van der Waals surface area contributed by atoms with Crippen molar-refractivity contribution in [3.8, 4) is 11.5 Å². The predicted octanol–water partition coefficient (Wildman–Crippen LogP) is 2.53. The summed E-state index contributed by atoms with van der Waals surface area (Å²) in [5, 5.41) is 20.1. The number of ether oxygens (including phenoxy) is 1. The largest absolute Gasteiger partial charge is 0.507 e. The van der Waals surface area contributed by atoms with E-state index in [1.807, 2.05) is 0 Å². The number of benzene rings is 2. The Bertz CT molecular complexity index is 964. The molecule has 0 spiro atoms. The molecule has 0 unspecified atom stereocenters. The lowest BCUT2D eigenvalue weighted by Gasteiger charge is -2.22. The van der Waals surface area contributed by atoms with E-state index in [9.17, 15) is 33.4 Å². The summed E-state index contributed by atoms with van der Waals surface area (Å²) in [4.78, 5) is 36.6. The van der Waals surface area contributed by atoms with Crippen LogP contribution in [0, 0.1) is 0 Å². The second-order valence-corrected chi connectivity index (χ2v) is 5.54. The van der Waals surface area contributed by atoms with Gasteiger partial charge in [0.25, 0.3) is 0 Å². The summed E-state index contributed by atoms with van der Waals surface area (Å²) < 4.78 is 32.9. The highest BCUT2D eigenvalue weighted by Crippen LogP contribution is 2.43. The molecular weight excluding hydrogens is 350 g/mol. The molecule has 2 aromatic rings. The molecule has 0 atom stereocenters. The van der Waals surface area contributed by atoms with E-state index in [0.29, 0.717) is 6.07 Å². The van der Waals surface area contributed by atoms with E-state index in [-0.39, 0.29) is 17.7 Å². The number of hydrogen-bond acceptors (Lipinski definition) is 6. The minimum atomic E-state index is -4.22. The first kappa shape index (κ1) is 17.5. The van der Waals surface area contributed by atoms with Crippen LogP contribution in [-0.4, -0.2) is 34.4 Å². The molecule has 2 aromatic carbocycles. The number of phenols is 2. The molecular formula is C18H12F2O6. The van der Waals surface area contributed by atoms with Gasteiger partial charge in [0.1, 0.15) is 11.5 Å². The van der Waals surface area contributed by atoms with Crippen LogP contribution < -0.4 is 0 Å². The van der Waals surface area contributed by atoms with Crippen LogP contribution in [0.25, 0.3) is 0 Å². The number of carbonyl (C=O) groups is 3. The van der Waals surface area contributed by atoms with E-state index >= 15 is 0 Å². The van der Waals surface area contributed by atoms with Crippen LogP contribution in [0.2, 0.25) is 0 Å². The molecule has 6 nitrogen and oxygen atoms in total. The van der Waals surface area contributed by atoms with Gasteiger partial charge < -0.3 is 14.9 Å². The summed E-state index contributed by atoms with van der Waals surface area (Å²) in [5.41, 5.74) is -2.64. The Morgan fingerprint density at radius 3 is 2.35 bits per heavy atom. The van der Waals surface area contributed by atoms with Gasteiger partial charge in [-0.25, -0.2) is 4.79 Å². The Hall–Kier alpha value is -3.29. The van der Waals surface area contributed by atoms with Crippen molar-refractivity contribution >= 4 is 17.5 Å². The summed E-state index contributed by atoms with van der Waals surface area (Å²) >= 11 is 0. The first-order chi connectivity index (χ1) is 12.2. The highest BCUT2D eigenvalue weighted by Gasteiger charge is 2.47. The van der Waals surface area contributed by atoms with Crippen molar-refractivity contribution in [2.75, 3.05) is 6.61 Å². The van der Waals surface area contributed by atoms with Crippen LogP contribution in [0.15, 0.2) is 30.3 Å². The maximum Gasteiger partial charge on any atom is 0.382 e. The molecule has 0 saturated heterocycles. The highest BCUT2D eigenvalue weighted by molar-refractivity contribution is 6.30. The fourth-order valence-electron chi connectivity index (χ4n) is 2.83. The summed E-state index contributed by atoms with van der Waals surface area (Å²) in [6.07, 6.45) is 0. The zero-order chi connectivity index (χ0) is 19.2. The van der Waals surface area contributed by atoms with E-state index in [1.54, 1.807) is 0 Å². The van der Waals surface area contributed by atoms with Gasteiger partial charge in [0.2, 0.25) is 5.78 Å². The molecule has 2 N–H and O–H groups in total. The fraction of sp³-hybridized carbons (Fsp3) is 0.167. The standard InChI is InChI=1S/C18H12F2O6/c1-2-26-17(25)18(19,20)10-7-6-9-13(15(10)23)16(24)12-8(14(9)22)4-3-5-11(12)21/h3-7,21,23H,2H2,1H3. The minimum Gasteiger partial charge on any atom is -0.507 e. The van der Waals surface area contributed by atoms with E-state index < -0.39 is 51.6 Å². The molecule has 8 heteroatoms. The first-order valence-corrected chi connectivity index (χ1v) is 7.54. The van der Waals surface area contributed by atoms with Crippen molar-refractivity contribution in [3.63, 3.8) is 0 Å². The summed E-state index contributed by atoms with van der Waals surface area (Å²) in [6, 6.07) is 5.45. The molecule has 134 valence electrons. The molecule has 0 heterocycles. The Morgan fingerprint density at radius 2 is 1.69 bits per heavy atom. The normalized spacial score (nSPS) is 13.2. The Kier molecular flexibility index (Phi) is 3.98. The number of rotatable bonds is 3. The number of halogens is 2. The van der Waals surface area contributed by atoms with Gasteiger partial charge in [-0.05, 0) is 25.1 Å². The van der Waals surface area contributed by atoms with Crippen molar-refractivity contribution in [2.45, 2.75) is 12.8 Å². The summed E-state index contributed by atoms with van der Waals surface area (Å²) in [5.74, 6) is -9.55.